The Labute approximate surface area is 133 Å². The maximum absolute atomic E-state index is 12.1. The Balaban J connectivity index is 2.26. The van der Waals surface area contributed by atoms with Crippen molar-refractivity contribution in [3.63, 3.8) is 0 Å². The van der Waals surface area contributed by atoms with Crippen molar-refractivity contribution in [3.05, 3.63) is 28.1 Å². The molecule has 1 fully saturated rings. The van der Waals surface area contributed by atoms with E-state index in [1.165, 1.54) is 22.4 Å². The van der Waals surface area contributed by atoms with E-state index in [0.29, 0.717) is 24.8 Å². The second-order valence-corrected chi connectivity index (χ2v) is 6.35. The number of hydrogen-bond donors (Lipinski definition) is 2. The van der Waals surface area contributed by atoms with Gasteiger partial charge in [0.1, 0.15) is 6.23 Å². The van der Waals surface area contributed by atoms with Crippen molar-refractivity contribution in [1.82, 2.24) is 10.2 Å². The van der Waals surface area contributed by atoms with Gasteiger partial charge in [-0.1, -0.05) is 0 Å². The molecule has 2 amide bonds. The minimum atomic E-state index is -0.449. The molecule has 0 spiro atoms. The Hall–Kier alpha value is -1.70. The number of nitrogens with zero attached hydrogens (tertiary/aromatic N) is 1. The number of aliphatic hydroxyl groups excluding tert-OH is 1. The molecule has 0 aliphatic carbocycles. The highest BCUT2D eigenvalue weighted by molar-refractivity contribution is 7.13. The summed E-state index contributed by atoms with van der Waals surface area (Å²) >= 11 is 1.49. The summed E-state index contributed by atoms with van der Waals surface area (Å²) in [7, 11) is 1.55. The van der Waals surface area contributed by atoms with Gasteiger partial charge in [0.15, 0.2) is 0 Å². The molecule has 2 rings (SSSR count). The highest BCUT2D eigenvalue weighted by Crippen LogP contribution is 2.27. The van der Waals surface area contributed by atoms with Crippen LogP contribution in [0.4, 0.5) is 0 Å². The summed E-state index contributed by atoms with van der Waals surface area (Å²) in [5, 5.41) is 11.7. The molecule has 1 aromatic heterocycles. The van der Waals surface area contributed by atoms with Gasteiger partial charge in [0.25, 0.3) is 5.91 Å². The molecule has 0 aromatic carbocycles. The SMILES string of the molecule is CNC(=O)/C(=C\N(C=O)C1CCC(CO)O1)c1ccc(C)s1. The molecular weight excluding hydrogens is 304 g/mol. The summed E-state index contributed by atoms with van der Waals surface area (Å²) in [5.74, 6) is -0.259. The fourth-order valence-corrected chi connectivity index (χ4v) is 3.19. The Morgan fingerprint density at radius 2 is 2.32 bits per heavy atom. The van der Waals surface area contributed by atoms with Crippen molar-refractivity contribution in [2.45, 2.75) is 32.1 Å². The Bertz CT molecular complexity index is 570. The molecule has 1 aliphatic rings. The van der Waals surface area contributed by atoms with Crippen LogP contribution in [0.25, 0.3) is 5.57 Å². The molecule has 1 saturated heterocycles. The van der Waals surface area contributed by atoms with Crippen molar-refractivity contribution < 1.29 is 19.4 Å². The minimum absolute atomic E-state index is 0.0701. The van der Waals surface area contributed by atoms with Crippen LogP contribution in [0, 0.1) is 6.92 Å². The standard InChI is InChI=1S/C15H20N2O4S/c1-10-3-5-13(22-10)12(15(20)16-2)7-17(9-19)14-6-4-11(8-18)21-14/h3,5,7,9,11,14,18H,4,6,8H2,1-2H3,(H,16,20)/b12-7-. The lowest BCUT2D eigenvalue weighted by molar-refractivity contribution is -0.127. The Morgan fingerprint density at radius 3 is 2.82 bits per heavy atom. The van der Waals surface area contributed by atoms with Gasteiger partial charge in [-0.3, -0.25) is 14.5 Å². The fraction of sp³-hybridized carbons (Fsp3) is 0.467. The molecule has 22 heavy (non-hydrogen) atoms. The lowest BCUT2D eigenvalue weighted by Crippen LogP contribution is -2.32. The monoisotopic (exact) mass is 324 g/mol. The van der Waals surface area contributed by atoms with Gasteiger partial charge < -0.3 is 15.2 Å². The van der Waals surface area contributed by atoms with Crippen molar-refractivity contribution in [2.75, 3.05) is 13.7 Å². The van der Waals surface area contributed by atoms with Gasteiger partial charge in [-0.2, -0.15) is 0 Å². The average molecular weight is 324 g/mol. The molecule has 2 N–H and O–H groups in total. The normalized spacial score (nSPS) is 21.7. The summed E-state index contributed by atoms with van der Waals surface area (Å²) in [5.41, 5.74) is 0.420. The summed E-state index contributed by atoms with van der Waals surface area (Å²) in [6.45, 7) is 1.89. The van der Waals surface area contributed by atoms with E-state index in [4.69, 9.17) is 9.84 Å². The summed E-state index contributed by atoms with van der Waals surface area (Å²) < 4.78 is 5.59. The highest BCUT2D eigenvalue weighted by Gasteiger charge is 2.29. The number of carbonyl (C=O) groups is 2. The van der Waals surface area contributed by atoms with Crippen molar-refractivity contribution >= 4 is 29.2 Å². The van der Waals surface area contributed by atoms with Crippen LogP contribution in [-0.2, 0) is 14.3 Å². The first-order chi connectivity index (χ1) is 10.6. The number of aryl methyl sites for hydroxylation is 1. The van der Waals surface area contributed by atoms with Crippen molar-refractivity contribution in [2.24, 2.45) is 0 Å². The van der Waals surface area contributed by atoms with Crippen LogP contribution >= 0.6 is 11.3 Å². The lowest BCUT2D eigenvalue weighted by Gasteiger charge is -2.22. The lowest BCUT2D eigenvalue weighted by atomic mass is 10.2. The molecule has 120 valence electrons. The smallest absolute Gasteiger partial charge is 0.253 e. The number of amides is 2. The molecule has 1 aromatic rings. The van der Waals surface area contributed by atoms with Gasteiger partial charge >= 0.3 is 0 Å². The minimum Gasteiger partial charge on any atom is -0.394 e. The second kappa shape index (κ2) is 7.53. The van der Waals surface area contributed by atoms with Crippen molar-refractivity contribution in [1.29, 1.82) is 0 Å². The van der Waals surface area contributed by atoms with Crippen LogP contribution in [0.2, 0.25) is 0 Å². The van der Waals surface area contributed by atoms with E-state index in [-0.39, 0.29) is 18.6 Å². The molecule has 6 nitrogen and oxygen atoms in total. The number of ether oxygens (including phenoxy) is 1. The Kier molecular flexibility index (Phi) is 5.70. The van der Waals surface area contributed by atoms with Gasteiger partial charge in [-0.25, -0.2) is 0 Å². The zero-order valence-electron chi connectivity index (χ0n) is 12.6. The van der Waals surface area contributed by atoms with E-state index in [1.807, 2.05) is 19.1 Å². The third-order valence-corrected chi connectivity index (χ3v) is 4.53. The zero-order valence-corrected chi connectivity index (χ0v) is 13.4. The van der Waals surface area contributed by atoms with Crippen LogP contribution < -0.4 is 5.32 Å². The molecule has 0 radical (unpaired) electrons. The quantitative estimate of drug-likeness (QED) is 0.607. The number of hydrogen-bond acceptors (Lipinski definition) is 5. The van der Waals surface area contributed by atoms with E-state index in [1.54, 1.807) is 7.05 Å². The molecule has 2 heterocycles. The summed E-state index contributed by atoms with van der Waals surface area (Å²) in [6, 6.07) is 3.78. The first-order valence-corrected chi connectivity index (χ1v) is 7.90. The first kappa shape index (κ1) is 16.7. The molecule has 1 aliphatic heterocycles. The summed E-state index contributed by atoms with van der Waals surface area (Å²) in [6.07, 6.45) is 2.77. The third-order valence-electron chi connectivity index (χ3n) is 3.50. The number of aliphatic hydroxyl groups is 1. The van der Waals surface area contributed by atoms with Gasteiger partial charge in [-0.05, 0) is 31.9 Å². The van der Waals surface area contributed by atoms with Gasteiger partial charge in [0.05, 0.1) is 18.3 Å². The van der Waals surface area contributed by atoms with Gasteiger partial charge in [-0.15, -0.1) is 11.3 Å². The number of carbonyl (C=O) groups excluding carboxylic acids is 2. The maximum atomic E-state index is 12.1. The molecule has 0 saturated carbocycles. The van der Waals surface area contributed by atoms with E-state index < -0.39 is 6.23 Å². The molecular formula is C15H20N2O4S. The number of thiophene rings is 1. The molecule has 7 heteroatoms. The largest absolute Gasteiger partial charge is 0.394 e. The molecule has 2 unspecified atom stereocenters. The molecule has 2 atom stereocenters. The number of nitrogens with one attached hydrogen (secondary N) is 1. The molecule has 0 bridgehead atoms. The number of rotatable bonds is 6. The van der Waals surface area contributed by atoms with E-state index in [9.17, 15) is 9.59 Å². The van der Waals surface area contributed by atoms with Crippen LogP contribution in [0.1, 0.15) is 22.6 Å². The first-order valence-electron chi connectivity index (χ1n) is 7.08. The van der Waals surface area contributed by atoms with Gasteiger partial charge in [0.2, 0.25) is 6.41 Å². The van der Waals surface area contributed by atoms with E-state index >= 15 is 0 Å². The Morgan fingerprint density at radius 1 is 1.55 bits per heavy atom. The van der Waals surface area contributed by atoms with Crippen LogP contribution in [-0.4, -0.2) is 48.3 Å². The predicted molar refractivity (Wildman–Crippen MR) is 84.0 cm³/mol. The zero-order chi connectivity index (χ0) is 16.1. The third kappa shape index (κ3) is 3.73. The fourth-order valence-electron chi connectivity index (χ4n) is 2.32. The predicted octanol–water partition coefficient (Wildman–Crippen LogP) is 1.10. The van der Waals surface area contributed by atoms with E-state index in [0.717, 1.165) is 9.75 Å². The highest BCUT2D eigenvalue weighted by atomic mass is 32.1. The topological polar surface area (TPSA) is 78.9 Å². The average Bonchev–Trinajstić information content (AvgIpc) is 3.16. The van der Waals surface area contributed by atoms with Crippen molar-refractivity contribution in [3.8, 4) is 0 Å². The van der Waals surface area contributed by atoms with Crippen LogP contribution in [0.5, 0.6) is 0 Å². The van der Waals surface area contributed by atoms with Crippen LogP contribution in [0.15, 0.2) is 18.3 Å². The second-order valence-electron chi connectivity index (χ2n) is 5.06. The maximum Gasteiger partial charge on any atom is 0.253 e. The van der Waals surface area contributed by atoms with Crippen LogP contribution in [0.3, 0.4) is 0 Å². The number of likely N-dealkylation sites (N-methyl/N-ethyl adjacent to an activating group) is 1. The van der Waals surface area contributed by atoms with Gasteiger partial charge in [0, 0.05) is 23.0 Å². The van der Waals surface area contributed by atoms with E-state index in [2.05, 4.69) is 5.32 Å². The summed E-state index contributed by atoms with van der Waals surface area (Å²) in [4.78, 5) is 26.7.